The number of pyridine rings is 1. The van der Waals surface area contributed by atoms with Crippen LogP contribution in [0.15, 0.2) is 24.5 Å². The summed E-state index contributed by atoms with van der Waals surface area (Å²) in [5, 5.41) is 0. The minimum atomic E-state index is -0.0914. The number of likely N-dealkylation sites (tertiary alicyclic amines) is 1. The van der Waals surface area contributed by atoms with E-state index in [1.165, 1.54) is 0 Å². The fraction of sp³-hybridized carbons (Fsp3) is 0.625. The van der Waals surface area contributed by atoms with Gasteiger partial charge in [-0.15, -0.1) is 0 Å². The molecule has 120 valence electrons. The number of aromatic nitrogens is 1. The Morgan fingerprint density at radius 3 is 3.23 bits per heavy atom. The van der Waals surface area contributed by atoms with Crippen LogP contribution in [0.5, 0.6) is 0 Å². The van der Waals surface area contributed by atoms with E-state index in [4.69, 9.17) is 14.2 Å². The van der Waals surface area contributed by atoms with Gasteiger partial charge >= 0.3 is 0 Å². The summed E-state index contributed by atoms with van der Waals surface area (Å²) in [6.07, 6.45) is 5.35. The molecule has 6 nitrogen and oxygen atoms in total. The molecular formula is C16H22N2O4. The van der Waals surface area contributed by atoms with Crippen LogP contribution in [0.3, 0.4) is 0 Å². The zero-order chi connectivity index (χ0) is 15.4. The highest BCUT2D eigenvalue weighted by Gasteiger charge is 2.46. The second-order valence-electron chi connectivity index (χ2n) is 5.73. The number of ether oxygens (including phenoxy) is 3. The summed E-state index contributed by atoms with van der Waals surface area (Å²) in [7, 11) is 1.54. The van der Waals surface area contributed by atoms with E-state index in [1.807, 2.05) is 17.0 Å². The van der Waals surface area contributed by atoms with E-state index >= 15 is 0 Å². The second-order valence-corrected chi connectivity index (χ2v) is 5.73. The summed E-state index contributed by atoms with van der Waals surface area (Å²) >= 11 is 0. The minimum absolute atomic E-state index is 0.00970. The van der Waals surface area contributed by atoms with Crippen molar-refractivity contribution in [2.45, 2.75) is 37.7 Å². The van der Waals surface area contributed by atoms with E-state index in [-0.39, 0.29) is 30.8 Å². The molecule has 2 aliphatic heterocycles. The van der Waals surface area contributed by atoms with Crippen molar-refractivity contribution in [2.24, 2.45) is 0 Å². The van der Waals surface area contributed by atoms with Crippen molar-refractivity contribution in [1.29, 1.82) is 0 Å². The number of hydrogen-bond donors (Lipinski definition) is 0. The molecule has 1 aromatic heterocycles. The lowest BCUT2D eigenvalue weighted by molar-refractivity contribution is -0.138. The summed E-state index contributed by atoms with van der Waals surface area (Å²) in [4.78, 5) is 18.1. The van der Waals surface area contributed by atoms with Crippen LogP contribution in [0.4, 0.5) is 0 Å². The first-order valence-electron chi connectivity index (χ1n) is 7.70. The third-order valence-electron chi connectivity index (χ3n) is 4.25. The molecule has 0 saturated carbocycles. The van der Waals surface area contributed by atoms with Crippen molar-refractivity contribution in [1.82, 2.24) is 9.88 Å². The van der Waals surface area contributed by atoms with Crippen molar-refractivity contribution in [3.8, 4) is 0 Å². The molecule has 2 saturated heterocycles. The molecule has 6 heteroatoms. The lowest BCUT2D eigenvalue weighted by Crippen LogP contribution is -2.44. The van der Waals surface area contributed by atoms with Crippen molar-refractivity contribution < 1.29 is 19.0 Å². The number of methoxy groups -OCH3 is 1. The average Bonchev–Trinajstić information content (AvgIpc) is 2.93. The first-order valence-corrected chi connectivity index (χ1v) is 7.70. The Morgan fingerprint density at radius 1 is 1.55 bits per heavy atom. The zero-order valence-corrected chi connectivity index (χ0v) is 12.8. The molecule has 3 rings (SSSR count). The van der Waals surface area contributed by atoms with Gasteiger partial charge in [-0.25, -0.2) is 0 Å². The van der Waals surface area contributed by atoms with Gasteiger partial charge in [-0.3, -0.25) is 9.78 Å². The van der Waals surface area contributed by atoms with Gasteiger partial charge < -0.3 is 19.1 Å². The van der Waals surface area contributed by atoms with Crippen LogP contribution >= 0.6 is 0 Å². The van der Waals surface area contributed by atoms with Gasteiger partial charge in [0.15, 0.2) is 0 Å². The highest BCUT2D eigenvalue weighted by molar-refractivity contribution is 5.78. The van der Waals surface area contributed by atoms with E-state index in [1.54, 1.807) is 19.5 Å². The molecule has 1 amide bonds. The zero-order valence-electron chi connectivity index (χ0n) is 12.8. The van der Waals surface area contributed by atoms with Gasteiger partial charge in [0.25, 0.3) is 0 Å². The Morgan fingerprint density at radius 2 is 2.45 bits per heavy atom. The molecule has 1 aromatic rings. The highest BCUT2D eigenvalue weighted by atomic mass is 16.5. The van der Waals surface area contributed by atoms with Gasteiger partial charge in [0.2, 0.25) is 5.91 Å². The van der Waals surface area contributed by atoms with Crippen molar-refractivity contribution in [3.05, 3.63) is 30.1 Å². The van der Waals surface area contributed by atoms with Gasteiger partial charge in [0.1, 0.15) is 18.8 Å². The third kappa shape index (κ3) is 3.29. The predicted molar refractivity (Wildman–Crippen MR) is 79.2 cm³/mol. The highest BCUT2D eigenvalue weighted by Crippen LogP contribution is 2.31. The molecule has 0 spiro atoms. The standard InChI is InChI=1S/C16H22N2O4/c1-20-11-15(19)18-9-14(16-13(18)5-3-7-21-16)22-10-12-4-2-6-17-8-12/h2,4,6,8,13-14,16H,3,5,7,9-11H2,1H3/t13-,14+,16-/m0/s1. The molecule has 3 atom stereocenters. The number of carbonyl (C=O) groups excluding carboxylic acids is 1. The van der Waals surface area contributed by atoms with Crippen molar-refractivity contribution in [2.75, 3.05) is 26.9 Å². The Hall–Kier alpha value is -1.50. The monoisotopic (exact) mass is 306 g/mol. The Balaban J connectivity index is 1.64. The van der Waals surface area contributed by atoms with Crippen LogP contribution in [0, 0.1) is 0 Å². The molecule has 0 radical (unpaired) electrons. The summed E-state index contributed by atoms with van der Waals surface area (Å²) in [6.45, 7) is 1.90. The van der Waals surface area contributed by atoms with Crippen molar-refractivity contribution >= 4 is 5.91 Å². The molecule has 0 bridgehead atoms. The lowest BCUT2D eigenvalue weighted by Gasteiger charge is -2.32. The number of carbonyl (C=O) groups is 1. The van der Waals surface area contributed by atoms with E-state index in [0.717, 1.165) is 25.0 Å². The van der Waals surface area contributed by atoms with Gasteiger partial charge in [-0.05, 0) is 24.5 Å². The maximum Gasteiger partial charge on any atom is 0.248 e. The van der Waals surface area contributed by atoms with Gasteiger partial charge in [0.05, 0.1) is 12.6 Å². The number of nitrogens with zero attached hydrogens (tertiary/aromatic N) is 2. The summed E-state index contributed by atoms with van der Waals surface area (Å²) in [5.74, 6) is 0.00970. The summed E-state index contributed by atoms with van der Waals surface area (Å²) in [5.41, 5.74) is 1.02. The Kier molecular flexibility index (Phi) is 5.02. The maximum atomic E-state index is 12.2. The molecule has 0 unspecified atom stereocenters. The van der Waals surface area contributed by atoms with E-state index in [2.05, 4.69) is 4.98 Å². The number of rotatable bonds is 5. The minimum Gasteiger partial charge on any atom is -0.375 e. The predicted octanol–water partition coefficient (Wildman–Crippen LogP) is 1.00. The van der Waals surface area contributed by atoms with E-state index < -0.39 is 0 Å². The maximum absolute atomic E-state index is 12.2. The van der Waals surface area contributed by atoms with Gasteiger partial charge in [-0.2, -0.15) is 0 Å². The van der Waals surface area contributed by atoms with E-state index in [9.17, 15) is 4.79 Å². The molecule has 0 N–H and O–H groups in total. The SMILES string of the molecule is COCC(=O)N1C[C@@H](OCc2cccnc2)[C@H]2OCCC[C@@H]21. The van der Waals surface area contributed by atoms with Crippen molar-refractivity contribution in [3.63, 3.8) is 0 Å². The van der Waals surface area contributed by atoms with E-state index in [0.29, 0.717) is 13.2 Å². The lowest BCUT2D eigenvalue weighted by atomic mass is 10.0. The van der Waals surface area contributed by atoms with Crippen LogP contribution in [0.1, 0.15) is 18.4 Å². The topological polar surface area (TPSA) is 60.9 Å². The number of hydrogen-bond acceptors (Lipinski definition) is 5. The number of amides is 1. The first kappa shape index (κ1) is 15.4. The quantitative estimate of drug-likeness (QED) is 0.812. The Bertz CT molecular complexity index is 496. The normalized spacial score (nSPS) is 27.7. The fourth-order valence-electron chi connectivity index (χ4n) is 3.24. The Labute approximate surface area is 130 Å². The van der Waals surface area contributed by atoms with Crippen LogP contribution in [-0.4, -0.2) is 60.9 Å². The van der Waals surface area contributed by atoms with Gasteiger partial charge in [-0.1, -0.05) is 6.07 Å². The smallest absolute Gasteiger partial charge is 0.248 e. The average molecular weight is 306 g/mol. The molecule has 3 heterocycles. The van der Waals surface area contributed by atoms with Crippen LogP contribution in [0.2, 0.25) is 0 Å². The van der Waals surface area contributed by atoms with Crippen LogP contribution < -0.4 is 0 Å². The second kappa shape index (κ2) is 7.17. The molecule has 0 aromatic carbocycles. The largest absolute Gasteiger partial charge is 0.375 e. The molecule has 0 aliphatic carbocycles. The number of fused-ring (bicyclic) bond motifs is 1. The van der Waals surface area contributed by atoms with Crippen LogP contribution in [-0.2, 0) is 25.6 Å². The third-order valence-corrected chi connectivity index (χ3v) is 4.25. The summed E-state index contributed by atoms with van der Waals surface area (Å²) in [6, 6.07) is 3.98. The molecular weight excluding hydrogens is 284 g/mol. The molecule has 2 fully saturated rings. The summed E-state index contributed by atoms with van der Waals surface area (Å²) < 4.78 is 16.9. The fourth-order valence-corrected chi connectivity index (χ4v) is 3.24. The molecule has 22 heavy (non-hydrogen) atoms. The first-order chi connectivity index (χ1) is 10.8. The molecule has 2 aliphatic rings. The van der Waals surface area contributed by atoms with Gasteiger partial charge in [0, 0.05) is 32.7 Å². The van der Waals surface area contributed by atoms with Crippen LogP contribution in [0.25, 0.3) is 0 Å².